The Morgan fingerprint density at radius 1 is 1.14 bits per heavy atom. The quantitative estimate of drug-likeness (QED) is 0.759. The van der Waals surface area contributed by atoms with Crippen LogP contribution in [-0.4, -0.2) is 24.8 Å². The largest absolute Gasteiger partial charge is 0.396 e. The van der Waals surface area contributed by atoms with Gasteiger partial charge in [0.1, 0.15) is 0 Å². The number of anilines is 1. The standard InChI is InChI=1S/C12H15NO/c14-8-12-10-6-13(7-11(10)12)9-4-2-1-3-5-9/h1-5,10-12,14H,6-8H2. The predicted molar refractivity (Wildman–Crippen MR) is 56.2 cm³/mol. The first-order valence-electron chi connectivity index (χ1n) is 5.31. The monoisotopic (exact) mass is 189 g/mol. The Balaban J connectivity index is 1.70. The van der Waals surface area contributed by atoms with E-state index in [9.17, 15) is 0 Å². The lowest BCUT2D eigenvalue weighted by molar-refractivity contribution is 0.260. The Morgan fingerprint density at radius 3 is 2.36 bits per heavy atom. The summed E-state index contributed by atoms with van der Waals surface area (Å²) in [7, 11) is 0. The number of benzene rings is 1. The molecule has 74 valence electrons. The molecule has 1 saturated carbocycles. The van der Waals surface area contributed by atoms with Gasteiger partial charge in [-0.25, -0.2) is 0 Å². The highest BCUT2D eigenvalue weighted by molar-refractivity contribution is 5.48. The van der Waals surface area contributed by atoms with E-state index < -0.39 is 0 Å². The van der Waals surface area contributed by atoms with Crippen LogP contribution in [0, 0.1) is 17.8 Å². The van der Waals surface area contributed by atoms with Gasteiger partial charge >= 0.3 is 0 Å². The van der Waals surface area contributed by atoms with Crippen LogP contribution in [0.25, 0.3) is 0 Å². The van der Waals surface area contributed by atoms with E-state index in [1.807, 2.05) is 0 Å². The smallest absolute Gasteiger partial charge is 0.0466 e. The molecule has 1 aliphatic heterocycles. The molecule has 0 aromatic heterocycles. The average Bonchev–Trinajstić information content (AvgIpc) is 2.72. The second-order valence-corrected chi connectivity index (χ2v) is 4.41. The number of aliphatic hydroxyl groups excluding tert-OH is 1. The van der Waals surface area contributed by atoms with Gasteiger partial charge < -0.3 is 10.0 Å². The van der Waals surface area contributed by atoms with Crippen molar-refractivity contribution in [2.75, 3.05) is 24.6 Å². The van der Waals surface area contributed by atoms with Crippen LogP contribution in [0.5, 0.6) is 0 Å². The van der Waals surface area contributed by atoms with Crippen LogP contribution < -0.4 is 4.90 Å². The molecule has 2 aliphatic rings. The number of hydrogen-bond donors (Lipinski definition) is 1. The van der Waals surface area contributed by atoms with Gasteiger partial charge in [0.25, 0.3) is 0 Å². The van der Waals surface area contributed by atoms with Gasteiger partial charge in [0.15, 0.2) is 0 Å². The molecule has 0 spiro atoms. The first-order chi connectivity index (χ1) is 6.90. The minimum atomic E-state index is 0.387. The van der Waals surface area contributed by atoms with Crippen molar-refractivity contribution in [3.63, 3.8) is 0 Å². The number of rotatable bonds is 2. The number of para-hydroxylation sites is 1. The van der Waals surface area contributed by atoms with E-state index >= 15 is 0 Å². The summed E-state index contributed by atoms with van der Waals surface area (Å²) in [6.45, 7) is 2.66. The van der Waals surface area contributed by atoms with E-state index in [2.05, 4.69) is 35.2 Å². The van der Waals surface area contributed by atoms with Crippen molar-refractivity contribution >= 4 is 5.69 Å². The Labute approximate surface area is 84.2 Å². The maximum absolute atomic E-state index is 9.05. The topological polar surface area (TPSA) is 23.5 Å². The Hall–Kier alpha value is -1.02. The highest BCUT2D eigenvalue weighted by atomic mass is 16.3. The Bertz CT molecular complexity index is 312. The summed E-state index contributed by atoms with van der Waals surface area (Å²) in [6.07, 6.45) is 0. The van der Waals surface area contributed by atoms with E-state index in [0.717, 1.165) is 24.9 Å². The molecule has 0 amide bonds. The third-order valence-electron chi connectivity index (χ3n) is 3.70. The fraction of sp³-hybridized carbons (Fsp3) is 0.500. The molecular weight excluding hydrogens is 174 g/mol. The molecule has 1 aromatic carbocycles. The van der Waals surface area contributed by atoms with Crippen LogP contribution in [-0.2, 0) is 0 Å². The van der Waals surface area contributed by atoms with Crippen LogP contribution in [0.1, 0.15) is 0 Å². The summed E-state index contributed by atoms with van der Waals surface area (Å²) in [5.74, 6) is 2.13. The van der Waals surface area contributed by atoms with Gasteiger partial charge in [-0.1, -0.05) is 18.2 Å². The van der Waals surface area contributed by atoms with Gasteiger partial charge in [0.2, 0.25) is 0 Å². The molecule has 2 unspecified atom stereocenters. The van der Waals surface area contributed by atoms with E-state index in [1.54, 1.807) is 0 Å². The highest BCUT2D eigenvalue weighted by Crippen LogP contribution is 2.51. The summed E-state index contributed by atoms with van der Waals surface area (Å²) in [5.41, 5.74) is 1.33. The molecule has 1 saturated heterocycles. The maximum atomic E-state index is 9.05. The van der Waals surface area contributed by atoms with Crippen molar-refractivity contribution in [1.29, 1.82) is 0 Å². The van der Waals surface area contributed by atoms with E-state index in [4.69, 9.17) is 5.11 Å². The molecular formula is C12H15NO. The zero-order chi connectivity index (χ0) is 9.54. The summed E-state index contributed by atoms with van der Waals surface area (Å²) in [5, 5.41) is 9.05. The van der Waals surface area contributed by atoms with Crippen molar-refractivity contribution in [2.24, 2.45) is 17.8 Å². The van der Waals surface area contributed by atoms with E-state index in [0.29, 0.717) is 12.5 Å². The second-order valence-electron chi connectivity index (χ2n) is 4.41. The summed E-state index contributed by atoms with van der Waals surface area (Å²) in [4.78, 5) is 2.43. The summed E-state index contributed by atoms with van der Waals surface area (Å²) < 4.78 is 0. The molecule has 3 rings (SSSR count). The van der Waals surface area contributed by atoms with Gasteiger partial charge in [0.05, 0.1) is 0 Å². The lowest BCUT2D eigenvalue weighted by Gasteiger charge is -2.21. The van der Waals surface area contributed by atoms with Gasteiger partial charge in [-0.3, -0.25) is 0 Å². The van der Waals surface area contributed by atoms with Gasteiger partial charge in [0, 0.05) is 25.4 Å². The summed E-state index contributed by atoms with van der Waals surface area (Å²) in [6, 6.07) is 10.6. The highest BCUT2D eigenvalue weighted by Gasteiger charge is 2.54. The molecule has 1 heterocycles. The number of piperidine rings is 1. The third kappa shape index (κ3) is 1.14. The lowest BCUT2D eigenvalue weighted by Crippen LogP contribution is -2.24. The molecule has 2 heteroatoms. The number of aliphatic hydroxyl groups is 1. The van der Waals surface area contributed by atoms with Crippen molar-refractivity contribution in [1.82, 2.24) is 0 Å². The first-order valence-corrected chi connectivity index (χ1v) is 5.31. The molecule has 2 nitrogen and oxygen atoms in total. The van der Waals surface area contributed by atoms with Crippen molar-refractivity contribution in [3.8, 4) is 0 Å². The third-order valence-corrected chi connectivity index (χ3v) is 3.70. The SMILES string of the molecule is OCC1C2CN(c3ccccc3)CC12. The number of nitrogens with zero attached hydrogens (tertiary/aromatic N) is 1. The zero-order valence-corrected chi connectivity index (χ0v) is 8.13. The normalized spacial score (nSPS) is 34.4. The van der Waals surface area contributed by atoms with Crippen LogP contribution in [0.4, 0.5) is 5.69 Å². The Kier molecular flexibility index (Phi) is 1.77. The van der Waals surface area contributed by atoms with Crippen LogP contribution in [0.2, 0.25) is 0 Å². The van der Waals surface area contributed by atoms with Crippen LogP contribution >= 0.6 is 0 Å². The molecule has 1 N–H and O–H groups in total. The molecule has 0 radical (unpaired) electrons. The lowest BCUT2D eigenvalue weighted by atomic mass is 10.2. The fourth-order valence-electron chi connectivity index (χ4n) is 2.77. The van der Waals surface area contributed by atoms with E-state index in [-0.39, 0.29) is 0 Å². The van der Waals surface area contributed by atoms with E-state index in [1.165, 1.54) is 5.69 Å². The fourth-order valence-corrected chi connectivity index (χ4v) is 2.77. The molecule has 2 atom stereocenters. The first kappa shape index (κ1) is 8.30. The van der Waals surface area contributed by atoms with Crippen molar-refractivity contribution < 1.29 is 5.11 Å². The Morgan fingerprint density at radius 2 is 1.79 bits per heavy atom. The molecule has 0 bridgehead atoms. The second kappa shape index (κ2) is 2.99. The number of fused-ring (bicyclic) bond motifs is 1. The van der Waals surface area contributed by atoms with Gasteiger partial charge in [-0.15, -0.1) is 0 Å². The minimum absolute atomic E-state index is 0.387. The number of hydrogen-bond acceptors (Lipinski definition) is 2. The zero-order valence-electron chi connectivity index (χ0n) is 8.13. The molecule has 14 heavy (non-hydrogen) atoms. The average molecular weight is 189 g/mol. The summed E-state index contributed by atoms with van der Waals surface area (Å²) >= 11 is 0. The molecule has 1 aromatic rings. The molecule has 2 fully saturated rings. The minimum Gasteiger partial charge on any atom is -0.396 e. The maximum Gasteiger partial charge on any atom is 0.0466 e. The van der Waals surface area contributed by atoms with Gasteiger partial charge in [-0.05, 0) is 29.9 Å². The molecule has 1 aliphatic carbocycles. The van der Waals surface area contributed by atoms with Crippen LogP contribution in [0.3, 0.4) is 0 Å². The van der Waals surface area contributed by atoms with Crippen molar-refractivity contribution in [3.05, 3.63) is 30.3 Å². The predicted octanol–water partition coefficient (Wildman–Crippen LogP) is 1.36. The van der Waals surface area contributed by atoms with Gasteiger partial charge in [-0.2, -0.15) is 0 Å². The van der Waals surface area contributed by atoms with Crippen LogP contribution in [0.15, 0.2) is 30.3 Å². The van der Waals surface area contributed by atoms with Crippen molar-refractivity contribution in [2.45, 2.75) is 0 Å².